The first-order chi connectivity index (χ1) is 9.23. The van der Waals surface area contributed by atoms with E-state index in [-0.39, 0.29) is 12.2 Å². The number of nitrogens with zero attached hydrogens (tertiary/aromatic N) is 1. The average Bonchev–Trinajstić information content (AvgIpc) is 2.34. The molecule has 1 heterocycles. The molecule has 2 unspecified atom stereocenters. The van der Waals surface area contributed by atoms with E-state index in [2.05, 4.69) is 0 Å². The molecule has 112 valence electrons. The van der Waals surface area contributed by atoms with Gasteiger partial charge in [0.2, 0.25) is 10.0 Å². The second kappa shape index (κ2) is 5.47. The molecule has 0 aliphatic carbocycles. The van der Waals surface area contributed by atoms with E-state index in [9.17, 15) is 8.42 Å². The van der Waals surface area contributed by atoms with Crippen LogP contribution >= 0.6 is 0 Å². The molecule has 0 amide bonds. The fraction of sp³-hybridized carbons (Fsp3) is 0.600. The Balaban J connectivity index is 2.43. The van der Waals surface area contributed by atoms with Gasteiger partial charge in [-0.1, -0.05) is 6.07 Å². The van der Waals surface area contributed by atoms with Crippen LogP contribution in [0, 0.1) is 20.8 Å². The molecule has 0 radical (unpaired) electrons. The Morgan fingerprint density at radius 1 is 1.05 bits per heavy atom. The summed E-state index contributed by atoms with van der Waals surface area (Å²) in [5.74, 6) is 0. The molecule has 1 saturated heterocycles. The Morgan fingerprint density at radius 3 is 2.15 bits per heavy atom. The first-order valence-corrected chi connectivity index (χ1v) is 8.40. The van der Waals surface area contributed by atoms with Gasteiger partial charge >= 0.3 is 0 Å². The van der Waals surface area contributed by atoms with E-state index in [1.54, 1.807) is 10.4 Å². The van der Waals surface area contributed by atoms with Gasteiger partial charge in [0.15, 0.2) is 0 Å². The first kappa shape index (κ1) is 15.5. The van der Waals surface area contributed by atoms with Crippen molar-refractivity contribution >= 4 is 10.0 Å². The molecule has 0 saturated carbocycles. The van der Waals surface area contributed by atoms with E-state index in [1.807, 2.05) is 40.7 Å². The van der Waals surface area contributed by atoms with E-state index in [0.717, 1.165) is 16.7 Å². The predicted molar refractivity (Wildman–Crippen MR) is 79.4 cm³/mol. The van der Waals surface area contributed by atoms with Crippen LogP contribution in [0.1, 0.15) is 30.5 Å². The quantitative estimate of drug-likeness (QED) is 0.842. The van der Waals surface area contributed by atoms with Gasteiger partial charge in [0.25, 0.3) is 0 Å². The highest BCUT2D eigenvalue weighted by atomic mass is 32.2. The lowest BCUT2D eigenvalue weighted by atomic mass is 10.1. The third-order valence-electron chi connectivity index (χ3n) is 4.01. The van der Waals surface area contributed by atoms with Crippen LogP contribution in [0.2, 0.25) is 0 Å². The molecule has 1 aliphatic rings. The van der Waals surface area contributed by atoms with Crippen molar-refractivity contribution in [1.29, 1.82) is 0 Å². The van der Waals surface area contributed by atoms with Gasteiger partial charge in [0.05, 0.1) is 17.1 Å². The number of hydrogen-bond donors (Lipinski definition) is 0. The summed E-state index contributed by atoms with van der Waals surface area (Å²) in [5.41, 5.74) is 3.00. The molecule has 20 heavy (non-hydrogen) atoms. The maximum absolute atomic E-state index is 12.8. The van der Waals surface area contributed by atoms with Crippen molar-refractivity contribution in [2.24, 2.45) is 0 Å². The van der Waals surface area contributed by atoms with Crippen molar-refractivity contribution in [3.8, 4) is 0 Å². The van der Waals surface area contributed by atoms with Crippen molar-refractivity contribution in [3.63, 3.8) is 0 Å². The summed E-state index contributed by atoms with van der Waals surface area (Å²) in [5, 5.41) is 0. The maximum atomic E-state index is 12.8. The van der Waals surface area contributed by atoms with Crippen LogP contribution in [-0.4, -0.2) is 38.0 Å². The lowest BCUT2D eigenvalue weighted by molar-refractivity contribution is -0.0440. The highest BCUT2D eigenvalue weighted by Crippen LogP contribution is 2.26. The molecule has 1 fully saturated rings. The Morgan fingerprint density at radius 2 is 1.60 bits per heavy atom. The van der Waals surface area contributed by atoms with Crippen molar-refractivity contribution in [3.05, 3.63) is 28.8 Å². The summed E-state index contributed by atoms with van der Waals surface area (Å²) in [6.07, 6.45) is -0.138. The van der Waals surface area contributed by atoms with Crippen molar-refractivity contribution in [2.75, 3.05) is 13.1 Å². The van der Waals surface area contributed by atoms with Crippen LogP contribution in [-0.2, 0) is 14.8 Å². The second-order valence-corrected chi connectivity index (χ2v) is 7.62. The molecule has 0 N–H and O–H groups in total. The van der Waals surface area contributed by atoms with Gasteiger partial charge in [-0.2, -0.15) is 4.31 Å². The van der Waals surface area contributed by atoms with Gasteiger partial charge in [-0.15, -0.1) is 0 Å². The monoisotopic (exact) mass is 297 g/mol. The molecule has 0 spiro atoms. The van der Waals surface area contributed by atoms with Crippen LogP contribution in [0.5, 0.6) is 0 Å². The van der Waals surface area contributed by atoms with E-state index >= 15 is 0 Å². The first-order valence-electron chi connectivity index (χ1n) is 6.96. The van der Waals surface area contributed by atoms with Crippen molar-refractivity contribution in [1.82, 2.24) is 4.31 Å². The Hall–Kier alpha value is -0.910. The summed E-state index contributed by atoms with van der Waals surface area (Å²) >= 11 is 0. The SMILES string of the molecule is Cc1ccc(S(=O)(=O)N2CC(C)OC(C)C2)c(C)c1C. The minimum Gasteiger partial charge on any atom is -0.373 e. The van der Waals surface area contributed by atoms with Gasteiger partial charge in [0, 0.05) is 13.1 Å². The Labute approximate surface area is 121 Å². The maximum Gasteiger partial charge on any atom is 0.243 e. The smallest absolute Gasteiger partial charge is 0.243 e. The Kier molecular flexibility index (Phi) is 4.23. The number of benzene rings is 1. The molecule has 0 bridgehead atoms. The average molecular weight is 297 g/mol. The highest BCUT2D eigenvalue weighted by molar-refractivity contribution is 7.89. The molecule has 0 aromatic heterocycles. The van der Waals surface area contributed by atoms with Gasteiger partial charge in [-0.3, -0.25) is 0 Å². The van der Waals surface area contributed by atoms with Gasteiger partial charge in [0.1, 0.15) is 0 Å². The zero-order valence-corrected chi connectivity index (χ0v) is 13.6. The molecule has 4 nitrogen and oxygen atoms in total. The van der Waals surface area contributed by atoms with Crippen LogP contribution < -0.4 is 0 Å². The molecule has 1 aliphatic heterocycles. The van der Waals surface area contributed by atoms with Crippen LogP contribution in [0.15, 0.2) is 17.0 Å². The van der Waals surface area contributed by atoms with Gasteiger partial charge < -0.3 is 4.74 Å². The topological polar surface area (TPSA) is 46.6 Å². The third kappa shape index (κ3) is 2.75. The molecule has 2 rings (SSSR count). The van der Waals surface area contributed by atoms with Crippen LogP contribution in [0.3, 0.4) is 0 Å². The zero-order valence-electron chi connectivity index (χ0n) is 12.8. The lowest BCUT2D eigenvalue weighted by Gasteiger charge is -2.34. The molecule has 1 aromatic carbocycles. The number of sulfonamides is 1. The van der Waals surface area contributed by atoms with E-state index in [1.165, 1.54) is 0 Å². The fourth-order valence-electron chi connectivity index (χ4n) is 2.68. The Bertz CT molecular complexity index is 600. The van der Waals surface area contributed by atoms with Gasteiger partial charge in [-0.05, 0) is 57.4 Å². The standard InChI is InChI=1S/C15H23NO3S/c1-10-6-7-15(14(5)13(10)4)20(17,18)16-8-11(2)19-12(3)9-16/h6-7,11-12H,8-9H2,1-5H3. The summed E-state index contributed by atoms with van der Waals surface area (Å²) in [4.78, 5) is 0.418. The predicted octanol–water partition coefficient (Wildman–Crippen LogP) is 2.41. The van der Waals surface area contributed by atoms with Crippen LogP contribution in [0.4, 0.5) is 0 Å². The zero-order chi connectivity index (χ0) is 15.1. The number of aryl methyl sites for hydroxylation is 1. The largest absolute Gasteiger partial charge is 0.373 e. The van der Waals surface area contributed by atoms with Crippen molar-refractivity contribution < 1.29 is 13.2 Å². The summed E-state index contributed by atoms with van der Waals surface area (Å²) < 4.78 is 32.8. The number of rotatable bonds is 2. The van der Waals surface area contributed by atoms with E-state index < -0.39 is 10.0 Å². The minimum absolute atomic E-state index is 0.0691. The van der Waals surface area contributed by atoms with Crippen LogP contribution in [0.25, 0.3) is 0 Å². The summed E-state index contributed by atoms with van der Waals surface area (Å²) in [6, 6.07) is 3.60. The molecule has 5 heteroatoms. The highest BCUT2D eigenvalue weighted by Gasteiger charge is 2.33. The van der Waals surface area contributed by atoms with E-state index in [0.29, 0.717) is 18.0 Å². The second-order valence-electron chi connectivity index (χ2n) is 5.71. The van der Waals surface area contributed by atoms with Crippen molar-refractivity contribution in [2.45, 2.75) is 51.7 Å². The number of ether oxygens (including phenoxy) is 1. The number of morpholine rings is 1. The molecular formula is C15H23NO3S. The minimum atomic E-state index is -3.44. The summed E-state index contributed by atoms with van der Waals surface area (Å²) in [6.45, 7) is 10.5. The fourth-order valence-corrected chi connectivity index (χ4v) is 4.55. The number of hydrogen-bond acceptors (Lipinski definition) is 3. The summed E-state index contributed by atoms with van der Waals surface area (Å²) in [7, 11) is -3.44. The van der Waals surface area contributed by atoms with Gasteiger partial charge in [-0.25, -0.2) is 8.42 Å². The molecule has 1 aromatic rings. The third-order valence-corrected chi connectivity index (χ3v) is 5.99. The normalized spacial score (nSPS) is 24.9. The lowest BCUT2D eigenvalue weighted by Crippen LogP contribution is -2.48. The molecule has 2 atom stereocenters. The van der Waals surface area contributed by atoms with E-state index in [4.69, 9.17) is 4.74 Å². The molecular weight excluding hydrogens is 274 g/mol.